The summed E-state index contributed by atoms with van der Waals surface area (Å²) in [5.41, 5.74) is 0.679. The molecule has 2 nitrogen and oxygen atoms in total. The minimum absolute atomic E-state index is 0.00157. The SMILES string of the molecule is C=C(C)C(=O)OC1CC(C)C(C)(C)C1(C)C. The van der Waals surface area contributed by atoms with Crippen LogP contribution in [0.2, 0.25) is 0 Å². The van der Waals surface area contributed by atoms with Gasteiger partial charge in [-0.05, 0) is 24.7 Å². The highest BCUT2D eigenvalue weighted by Crippen LogP contribution is 2.56. The maximum Gasteiger partial charge on any atom is 0.333 e. The maximum atomic E-state index is 11.6. The fourth-order valence-corrected chi connectivity index (χ4v) is 2.39. The van der Waals surface area contributed by atoms with Crippen molar-refractivity contribution in [2.75, 3.05) is 0 Å². The Kier molecular flexibility index (Phi) is 3.24. The summed E-state index contributed by atoms with van der Waals surface area (Å²) < 4.78 is 5.56. The summed E-state index contributed by atoms with van der Waals surface area (Å²) in [6, 6.07) is 0. The quantitative estimate of drug-likeness (QED) is 0.529. The molecule has 0 aromatic heterocycles. The van der Waals surface area contributed by atoms with Crippen molar-refractivity contribution in [3.63, 3.8) is 0 Å². The van der Waals surface area contributed by atoms with Crippen LogP contribution in [0.1, 0.15) is 48.0 Å². The second-order valence-corrected chi connectivity index (χ2v) is 6.25. The Hall–Kier alpha value is -0.790. The highest BCUT2D eigenvalue weighted by molar-refractivity contribution is 5.87. The molecule has 92 valence electrons. The van der Waals surface area contributed by atoms with E-state index in [0.29, 0.717) is 11.5 Å². The Morgan fingerprint density at radius 1 is 1.25 bits per heavy atom. The standard InChI is InChI=1S/C14H24O2/c1-9(2)12(15)16-11-8-10(3)13(4,5)14(11,6)7/h10-11H,1,8H2,2-7H3. The van der Waals surface area contributed by atoms with Gasteiger partial charge in [-0.2, -0.15) is 0 Å². The van der Waals surface area contributed by atoms with E-state index in [2.05, 4.69) is 41.2 Å². The number of rotatable bonds is 2. The molecule has 16 heavy (non-hydrogen) atoms. The van der Waals surface area contributed by atoms with Crippen LogP contribution in [-0.2, 0) is 9.53 Å². The number of carbonyl (C=O) groups is 1. The Bertz CT molecular complexity index is 313. The molecule has 2 atom stereocenters. The molecule has 0 bridgehead atoms. The van der Waals surface area contributed by atoms with Gasteiger partial charge in [0.05, 0.1) is 0 Å². The lowest BCUT2D eigenvalue weighted by Gasteiger charge is -2.40. The van der Waals surface area contributed by atoms with Gasteiger partial charge in [0.25, 0.3) is 0 Å². The molecular formula is C14H24O2. The van der Waals surface area contributed by atoms with Crippen LogP contribution in [0.3, 0.4) is 0 Å². The Morgan fingerprint density at radius 3 is 2.06 bits per heavy atom. The molecule has 0 amide bonds. The molecule has 0 spiro atoms. The van der Waals surface area contributed by atoms with E-state index in [9.17, 15) is 4.79 Å². The van der Waals surface area contributed by atoms with E-state index in [4.69, 9.17) is 4.74 Å². The topological polar surface area (TPSA) is 26.3 Å². The van der Waals surface area contributed by atoms with E-state index in [1.807, 2.05) is 0 Å². The van der Waals surface area contributed by atoms with Gasteiger partial charge in [-0.25, -0.2) is 4.79 Å². The Balaban J connectivity index is 2.86. The molecule has 1 aliphatic carbocycles. The smallest absolute Gasteiger partial charge is 0.333 e. The van der Waals surface area contributed by atoms with Gasteiger partial charge in [0, 0.05) is 11.0 Å². The molecule has 0 N–H and O–H groups in total. The van der Waals surface area contributed by atoms with Crippen molar-refractivity contribution in [2.24, 2.45) is 16.7 Å². The number of ether oxygens (including phenoxy) is 1. The van der Waals surface area contributed by atoms with Crippen LogP contribution in [0.4, 0.5) is 0 Å². The molecule has 0 aromatic carbocycles. The first kappa shape index (κ1) is 13.3. The fourth-order valence-electron chi connectivity index (χ4n) is 2.39. The van der Waals surface area contributed by atoms with E-state index in [1.165, 1.54) is 0 Å². The van der Waals surface area contributed by atoms with E-state index in [1.54, 1.807) is 6.92 Å². The summed E-state index contributed by atoms with van der Waals surface area (Å²) in [4.78, 5) is 11.6. The summed E-state index contributed by atoms with van der Waals surface area (Å²) in [6.45, 7) is 16.4. The van der Waals surface area contributed by atoms with Gasteiger partial charge in [-0.3, -0.25) is 0 Å². The van der Waals surface area contributed by atoms with Gasteiger partial charge in [0.15, 0.2) is 0 Å². The number of hydrogen-bond acceptors (Lipinski definition) is 2. The van der Waals surface area contributed by atoms with Gasteiger partial charge >= 0.3 is 5.97 Å². The third-order valence-electron chi connectivity index (χ3n) is 4.86. The van der Waals surface area contributed by atoms with E-state index >= 15 is 0 Å². The second kappa shape index (κ2) is 3.90. The monoisotopic (exact) mass is 224 g/mol. The van der Waals surface area contributed by atoms with Crippen LogP contribution < -0.4 is 0 Å². The van der Waals surface area contributed by atoms with Gasteiger partial charge in [-0.1, -0.05) is 41.2 Å². The zero-order valence-corrected chi connectivity index (χ0v) is 11.4. The van der Waals surface area contributed by atoms with Crippen LogP contribution in [0.5, 0.6) is 0 Å². The molecule has 0 saturated heterocycles. The van der Waals surface area contributed by atoms with Gasteiger partial charge in [0.2, 0.25) is 0 Å². The first-order valence-electron chi connectivity index (χ1n) is 5.97. The normalized spacial score (nSPS) is 31.1. The first-order valence-corrected chi connectivity index (χ1v) is 5.97. The number of hydrogen-bond donors (Lipinski definition) is 0. The van der Waals surface area contributed by atoms with Crippen molar-refractivity contribution in [1.29, 1.82) is 0 Å². The predicted molar refractivity (Wildman–Crippen MR) is 66.0 cm³/mol. The third kappa shape index (κ3) is 1.90. The minimum atomic E-state index is -0.261. The lowest BCUT2D eigenvalue weighted by molar-refractivity contribution is -0.150. The van der Waals surface area contributed by atoms with Gasteiger partial charge in [0.1, 0.15) is 6.10 Å². The average molecular weight is 224 g/mol. The average Bonchev–Trinajstić information content (AvgIpc) is 2.27. The molecule has 0 radical (unpaired) electrons. The molecule has 2 unspecified atom stereocenters. The lowest BCUT2D eigenvalue weighted by Crippen LogP contribution is -2.38. The van der Waals surface area contributed by atoms with Gasteiger partial charge < -0.3 is 4.74 Å². The molecule has 1 rings (SSSR count). The molecule has 0 heterocycles. The van der Waals surface area contributed by atoms with Crippen LogP contribution in [0.15, 0.2) is 12.2 Å². The highest BCUT2D eigenvalue weighted by Gasteiger charge is 2.54. The number of esters is 1. The Morgan fingerprint density at radius 2 is 1.75 bits per heavy atom. The molecule has 2 heteroatoms. The van der Waals surface area contributed by atoms with Crippen molar-refractivity contribution < 1.29 is 9.53 Å². The van der Waals surface area contributed by atoms with E-state index in [0.717, 1.165) is 6.42 Å². The number of carbonyl (C=O) groups excluding carboxylic acids is 1. The Labute approximate surface area is 99.1 Å². The van der Waals surface area contributed by atoms with Crippen LogP contribution in [0, 0.1) is 16.7 Å². The summed E-state index contributed by atoms with van der Waals surface area (Å²) in [5.74, 6) is 0.299. The predicted octanol–water partition coefficient (Wildman–Crippen LogP) is 3.57. The van der Waals surface area contributed by atoms with Crippen molar-refractivity contribution >= 4 is 5.97 Å². The summed E-state index contributed by atoms with van der Waals surface area (Å²) in [5, 5.41) is 0. The molecule has 1 aliphatic rings. The summed E-state index contributed by atoms with van der Waals surface area (Å²) >= 11 is 0. The fraction of sp³-hybridized carbons (Fsp3) is 0.786. The molecular weight excluding hydrogens is 200 g/mol. The molecule has 1 saturated carbocycles. The molecule has 0 aliphatic heterocycles. The lowest BCUT2D eigenvalue weighted by atomic mass is 9.67. The largest absolute Gasteiger partial charge is 0.458 e. The van der Waals surface area contributed by atoms with Gasteiger partial charge in [-0.15, -0.1) is 0 Å². The van der Waals surface area contributed by atoms with E-state index < -0.39 is 0 Å². The summed E-state index contributed by atoms with van der Waals surface area (Å²) in [7, 11) is 0. The van der Waals surface area contributed by atoms with Crippen molar-refractivity contribution in [2.45, 2.75) is 54.1 Å². The van der Waals surface area contributed by atoms with Crippen molar-refractivity contribution in [3.05, 3.63) is 12.2 Å². The summed E-state index contributed by atoms with van der Waals surface area (Å²) in [6.07, 6.45) is 0.945. The molecule has 0 aromatic rings. The highest BCUT2D eigenvalue weighted by atomic mass is 16.5. The minimum Gasteiger partial charge on any atom is -0.458 e. The first-order chi connectivity index (χ1) is 7.10. The second-order valence-electron chi connectivity index (χ2n) is 6.25. The van der Waals surface area contributed by atoms with Crippen LogP contribution >= 0.6 is 0 Å². The zero-order chi connectivity index (χ0) is 12.7. The van der Waals surface area contributed by atoms with Crippen LogP contribution in [-0.4, -0.2) is 12.1 Å². The maximum absolute atomic E-state index is 11.6. The zero-order valence-electron chi connectivity index (χ0n) is 11.4. The van der Waals surface area contributed by atoms with Crippen molar-refractivity contribution in [3.8, 4) is 0 Å². The van der Waals surface area contributed by atoms with Crippen LogP contribution in [0.25, 0.3) is 0 Å². The molecule has 1 fully saturated rings. The van der Waals surface area contributed by atoms with E-state index in [-0.39, 0.29) is 22.9 Å². The third-order valence-corrected chi connectivity index (χ3v) is 4.86. The van der Waals surface area contributed by atoms with Crippen molar-refractivity contribution in [1.82, 2.24) is 0 Å².